The molecule has 0 fully saturated rings. The van der Waals surface area contributed by atoms with E-state index in [9.17, 15) is 12.8 Å². The Balaban J connectivity index is 2.41. The lowest BCUT2D eigenvalue weighted by Crippen LogP contribution is -2.15. The number of rotatable bonds is 3. The third kappa shape index (κ3) is 2.94. The molecule has 3 N–H and O–H groups in total. The molecule has 2 rings (SSSR count). The van der Waals surface area contributed by atoms with Gasteiger partial charge in [0.25, 0.3) is 10.0 Å². The second-order valence-corrected chi connectivity index (χ2v) is 5.65. The van der Waals surface area contributed by atoms with E-state index in [2.05, 4.69) is 9.71 Å². The summed E-state index contributed by atoms with van der Waals surface area (Å²) in [6.45, 7) is 0. The van der Waals surface area contributed by atoms with Crippen LogP contribution in [0.1, 0.15) is 0 Å². The third-order valence-electron chi connectivity index (χ3n) is 2.25. The highest BCUT2D eigenvalue weighted by molar-refractivity contribution is 7.92. The highest BCUT2D eigenvalue weighted by atomic mass is 35.5. The van der Waals surface area contributed by atoms with Gasteiger partial charge in [-0.3, -0.25) is 4.72 Å². The van der Waals surface area contributed by atoms with Crippen molar-refractivity contribution in [2.24, 2.45) is 0 Å². The van der Waals surface area contributed by atoms with Crippen molar-refractivity contribution in [1.82, 2.24) is 4.98 Å². The van der Waals surface area contributed by atoms with Gasteiger partial charge in [0.2, 0.25) is 0 Å². The van der Waals surface area contributed by atoms with Gasteiger partial charge in [-0.1, -0.05) is 11.6 Å². The van der Waals surface area contributed by atoms with Crippen LogP contribution in [-0.4, -0.2) is 13.4 Å². The number of halogens is 2. The largest absolute Gasteiger partial charge is 0.399 e. The van der Waals surface area contributed by atoms with Crippen LogP contribution in [0.15, 0.2) is 41.4 Å². The summed E-state index contributed by atoms with van der Waals surface area (Å²) >= 11 is 5.73. The lowest BCUT2D eigenvalue weighted by Gasteiger charge is -2.09. The molecule has 0 atom stereocenters. The first-order valence-corrected chi connectivity index (χ1v) is 6.94. The number of nitrogens with zero attached hydrogens (tertiary/aromatic N) is 1. The first-order chi connectivity index (χ1) is 8.90. The van der Waals surface area contributed by atoms with E-state index in [1.165, 1.54) is 24.4 Å². The monoisotopic (exact) mass is 301 g/mol. The Morgan fingerprint density at radius 2 is 2.05 bits per heavy atom. The van der Waals surface area contributed by atoms with Crippen LogP contribution >= 0.6 is 11.6 Å². The number of anilines is 2. The van der Waals surface area contributed by atoms with E-state index in [4.69, 9.17) is 17.3 Å². The molecular weight excluding hydrogens is 293 g/mol. The van der Waals surface area contributed by atoms with Gasteiger partial charge in [0.05, 0.1) is 5.69 Å². The van der Waals surface area contributed by atoms with Crippen molar-refractivity contribution in [3.05, 3.63) is 47.5 Å². The molecule has 0 unspecified atom stereocenters. The van der Waals surface area contributed by atoms with Gasteiger partial charge < -0.3 is 5.73 Å². The molecule has 100 valence electrons. The van der Waals surface area contributed by atoms with Crippen molar-refractivity contribution < 1.29 is 12.8 Å². The summed E-state index contributed by atoms with van der Waals surface area (Å²) in [4.78, 5) is 3.21. The molecule has 19 heavy (non-hydrogen) atoms. The number of hydrogen-bond acceptors (Lipinski definition) is 4. The van der Waals surface area contributed by atoms with Crippen molar-refractivity contribution in [2.45, 2.75) is 4.90 Å². The minimum atomic E-state index is -4.09. The van der Waals surface area contributed by atoms with Gasteiger partial charge in [0.1, 0.15) is 10.7 Å². The summed E-state index contributed by atoms with van der Waals surface area (Å²) in [6, 6.07) is 6.23. The van der Waals surface area contributed by atoms with Crippen LogP contribution in [0.3, 0.4) is 0 Å². The number of pyridine rings is 1. The highest BCUT2D eigenvalue weighted by Crippen LogP contribution is 2.24. The SMILES string of the molecule is Nc1ccc(S(=O)(=O)Nc2cccnc2Cl)c(F)c1. The van der Waals surface area contributed by atoms with E-state index >= 15 is 0 Å². The normalized spacial score (nSPS) is 11.3. The van der Waals surface area contributed by atoms with Crippen molar-refractivity contribution in [2.75, 3.05) is 10.5 Å². The maximum atomic E-state index is 13.6. The molecule has 1 aromatic heterocycles. The first-order valence-electron chi connectivity index (χ1n) is 5.08. The third-order valence-corrected chi connectivity index (χ3v) is 3.95. The summed E-state index contributed by atoms with van der Waals surface area (Å²) in [5, 5.41) is -0.0260. The molecule has 0 amide bonds. The van der Waals surface area contributed by atoms with E-state index in [0.717, 1.165) is 12.1 Å². The Labute approximate surface area is 114 Å². The fraction of sp³-hybridized carbons (Fsp3) is 0. The average molecular weight is 302 g/mol. The molecule has 0 spiro atoms. The van der Waals surface area contributed by atoms with Crippen molar-refractivity contribution in [3.63, 3.8) is 0 Å². The number of benzene rings is 1. The summed E-state index contributed by atoms with van der Waals surface area (Å²) in [6.07, 6.45) is 1.41. The summed E-state index contributed by atoms with van der Waals surface area (Å²) in [5.74, 6) is -0.937. The van der Waals surface area contributed by atoms with E-state index < -0.39 is 20.7 Å². The van der Waals surface area contributed by atoms with Gasteiger partial charge in [0, 0.05) is 11.9 Å². The minimum Gasteiger partial charge on any atom is -0.399 e. The Morgan fingerprint density at radius 1 is 1.32 bits per heavy atom. The summed E-state index contributed by atoms with van der Waals surface area (Å²) < 4.78 is 39.8. The molecule has 5 nitrogen and oxygen atoms in total. The Bertz CT molecular complexity index is 722. The first kappa shape index (κ1) is 13.6. The Kier molecular flexibility index (Phi) is 3.59. The van der Waals surface area contributed by atoms with Crippen molar-refractivity contribution in [3.8, 4) is 0 Å². The lowest BCUT2D eigenvalue weighted by atomic mass is 10.3. The fourth-order valence-corrected chi connectivity index (χ4v) is 2.75. The van der Waals surface area contributed by atoms with E-state index in [0.29, 0.717) is 0 Å². The smallest absolute Gasteiger partial charge is 0.264 e. The Morgan fingerprint density at radius 3 is 2.68 bits per heavy atom. The second kappa shape index (κ2) is 5.02. The zero-order valence-corrected chi connectivity index (χ0v) is 11.0. The number of nitrogens with one attached hydrogen (secondary N) is 1. The molecule has 0 radical (unpaired) electrons. The molecule has 0 saturated heterocycles. The molecule has 0 aliphatic carbocycles. The standard InChI is InChI=1S/C11H9ClFN3O2S/c12-11-9(2-1-5-15-11)16-19(17,18)10-4-3-7(14)6-8(10)13/h1-6,16H,14H2. The predicted octanol–water partition coefficient (Wildman–Crippen LogP) is 2.26. The predicted molar refractivity (Wildman–Crippen MR) is 70.9 cm³/mol. The fourth-order valence-electron chi connectivity index (χ4n) is 1.40. The van der Waals surface area contributed by atoms with Gasteiger partial charge in [-0.15, -0.1) is 0 Å². The van der Waals surface area contributed by atoms with Crippen LogP contribution in [0.4, 0.5) is 15.8 Å². The lowest BCUT2D eigenvalue weighted by molar-refractivity contribution is 0.571. The van der Waals surface area contributed by atoms with Crippen LogP contribution < -0.4 is 10.5 Å². The number of nitrogens with two attached hydrogens (primary N) is 1. The molecule has 0 bridgehead atoms. The van der Waals surface area contributed by atoms with Crippen LogP contribution in [0.25, 0.3) is 0 Å². The molecule has 0 aliphatic heterocycles. The summed E-state index contributed by atoms with van der Waals surface area (Å²) in [5.41, 5.74) is 5.57. The van der Waals surface area contributed by atoms with Crippen LogP contribution in [0, 0.1) is 5.82 Å². The number of sulfonamides is 1. The van der Waals surface area contributed by atoms with Crippen molar-refractivity contribution in [1.29, 1.82) is 0 Å². The molecule has 2 aromatic rings. The van der Waals surface area contributed by atoms with E-state index in [1.54, 1.807) is 0 Å². The quantitative estimate of drug-likeness (QED) is 0.672. The molecule has 1 aromatic carbocycles. The zero-order valence-electron chi connectivity index (χ0n) is 9.47. The number of hydrogen-bond donors (Lipinski definition) is 2. The maximum absolute atomic E-state index is 13.6. The van der Waals surface area contributed by atoms with Gasteiger partial charge in [-0.25, -0.2) is 17.8 Å². The van der Waals surface area contributed by atoms with Crippen molar-refractivity contribution >= 4 is 33.0 Å². The van der Waals surface area contributed by atoms with E-state index in [-0.39, 0.29) is 16.5 Å². The zero-order chi connectivity index (χ0) is 14.0. The van der Waals surface area contributed by atoms with Crippen LogP contribution in [0.2, 0.25) is 5.15 Å². The number of aromatic nitrogens is 1. The van der Waals surface area contributed by atoms with Gasteiger partial charge in [-0.2, -0.15) is 0 Å². The molecule has 0 saturated carbocycles. The van der Waals surface area contributed by atoms with Gasteiger partial charge in [0.15, 0.2) is 5.15 Å². The maximum Gasteiger partial charge on any atom is 0.264 e. The van der Waals surface area contributed by atoms with Gasteiger partial charge in [-0.05, 0) is 30.3 Å². The number of nitrogen functional groups attached to an aromatic ring is 1. The Hall–Kier alpha value is -1.86. The van der Waals surface area contributed by atoms with E-state index in [1.807, 2.05) is 0 Å². The molecule has 1 heterocycles. The molecular formula is C11H9ClFN3O2S. The minimum absolute atomic E-state index is 0.0260. The topological polar surface area (TPSA) is 85.1 Å². The molecule has 8 heteroatoms. The van der Waals surface area contributed by atoms with Crippen LogP contribution in [0.5, 0.6) is 0 Å². The van der Waals surface area contributed by atoms with Crippen LogP contribution in [-0.2, 0) is 10.0 Å². The summed E-state index contributed by atoms with van der Waals surface area (Å²) in [7, 11) is -4.09. The average Bonchev–Trinajstić information content (AvgIpc) is 2.31. The molecule has 0 aliphatic rings. The second-order valence-electron chi connectivity index (χ2n) is 3.64. The highest BCUT2D eigenvalue weighted by Gasteiger charge is 2.20. The van der Waals surface area contributed by atoms with Gasteiger partial charge >= 0.3 is 0 Å².